The molecule has 6 nitrogen and oxygen atoms in total. The van der Waals surface area contributed by atoms with Crippen molar-refractivity contribution in [3.63, 3.8) is 0 Å². The van der Waals surface area contributed by atoms with Crippen molar-refractivity contribution >= 4 is 5.91 Å². The molecule has 0 radical (unpaired) electrons. The molecule has 1 aliphatic rings. The van der Waals surface area contributed by atoms with Crippen LogP contribution in [0.3, 0.4) is 0 Å². The van der Waals surface area contributed by atoms with Crippen LogP contribution in [0, 0.1) is 0 Å². The number of carbonyl (C=O) groups is 1. The number of pyridine rings is 1. The second-order valence-corrected chi connectivity index (χ2v) is 6.33. The van der Waals surface area contributed by atoms with Crippen LogP contribution in [0.2, 0.25) is 0 Å². The first-order chi connectivity index (χ1) is 12.7. The molecule has 1 aliphatic heterocycles. The van der Waals surface area contributed by atoms with Crippen molar-refractivity contribution < 1.29 is 9.53 Å². The van der Waals surface area contributed by atoms with E-state index in [0.717, 1.165) is 23.3 Å². The summed E-state index contributed by atoms with van der Waals surface area (Å²) in [6, 6.07) is 9.80. The molecule has 6 heteroatoms. The van der Waals surface area contributed by atoms with Crippen LogP contribution in [0.25, 0.3) is 11.1 Å². The van der Waals surface area contributed by atoms with Crippen LogP contribution in [0.5, 0.6) is 5.75 Å². The van der Waals surface area contributed by atoms with E-state index in [0.29, 0.717) is 12.1 Å². The Balaban J connectivity index is 1.46. The number of nitrogens with zero attached hydrogens (tertiary/aromatic N) is 4. The van der Waals surface area contributed by atoms with Crippen LogP contribution in [-0.2, 0) is 6.42 Å². The first-order valence-corrected chi connectivity index (χ1v) is 8.41. The minimum absolute atomic E-state index is 0.0278. The summed E-state index contributed by atoms with van der Waals surface area (Å²) in [5, 5.41) is 0. The number of likely N-dealkylation sites (N-methyl/N-ethyl adjacent to an activating group) is 1. The molecule has 0 saturated carbocycles. The summed E-state index contributed by atoms with van der Waals surface area (Å²) in [5.41, 5.74) is 3.36. The van der Waals surface area contributed by atoms with Gasteiger partial charge in [0.15, 0.2) is 0 Å². The number of hydrogen-bond donors (Lipinski definition) is 0. The number of carbonyl (C=O) groups excluding carboxylic acids is 1. The quantitative estimate of drug-likeness (QED) is 0.726. The van der Waals surface area contributed by atoms with E-state index in [1.807, 2.05) is 24.3 Å². The predicted octanol–water partition coefficient (Wildman–Crippen LogP) is 2.61. The number of benzene rings is 1. The highest BCUT2D eigenvalue weighted by Crippen LogP contribution is 2.28. The molecule has 3 aromatic rings. The van der Waals surface area contributed by atoms with Crippen LogP contribution in [0.15, 0.2) is 61.4 Å². The Kier molecular flexibility index (Phi) is 4.31. The molecule has 0 aliphatic carbocycles. The lowest BCUT2D eigenvalue weighted by Crippen LogP contribution is -2.36. The van der Waals surface area contributed by atoms with Crippen molar-refractivity contribution in [1.82, 2.24) is 19.9 Å². The molecule has 0 spiro atoms. The maximum atomic E-state index is 12.8. The van der Waals surface area contributed by atoms with Crippen molar-refractivity contribution in [3.8, 4) is 16.9 Å². The molecule has 0 saturated heterocycles. The number of rotatable bonds is 4. The van der Waals surface area contributed by atoms with Crippen molar-refractivity contribution in [2.75, 3.05) is 13.6 Å². The van der Waals surface area contributed by atoms with Crippen LogP contribution in [-0.4, -0.2) is 45.5 Å². The molecule has 2 aromatic heterocycles. The van der Waals surface area contributed by atoms with Gasteiger partial charge in [0.2, 0.25) is 0 Å². The topological polar surface area (TPSA) is 68.2 Å². The fourth-order valence-corrected chi connectivity index (χ4v) is 3.13. The summed E-state index contributed by atoms with van der Waals surface area (Å²) in [7, 11) is 1.78. The zero-order valence-electron chi connectivity index (χ0n) is 14.4. The Morgan fingerprint density at radius 3 is 2.69 bits per heavy atom. The van der Waals surface area contributed by atoms with Gasteiger partial charge in [-0.15, -0.1) is 0 Å². The molecule has 0 bridgehead atoms. The summed E-state index contributed by atoms with van der Waals surface area (Å²) in [6.45, 7) is 0.520. The standard InChI is InChI=1S/C20H18N4O2/c1-24(12-18-7-14-4-2-3-5-19(14)26-18)20(25)16-6-15(8-21-9-16)17-10-22-13-23-11-17/h2-6,8-11,13,18H,7,12H2,1H3/t18-/m0/s1. The number of hydrogen-bond acceptors (Lipinski definition) is 5. The lowest BCUT2D eigenvalue weighted by molar-refractivity contribution is 0.0730. The smallest absolute Gasteiger partial charge is 0.255 e. The molecule has 0 unspecified atom stereocenters. The van der Waals surface area contributed by atoms with Gasteiger partial charge in [-0.2, -0.15) is 0 Å². The summed E-state index contributed by atoms with van der Waals surface area (Å²) in [6.07, 6.45) is 8.94. The Morgan fingerprint density at radius 1 is 1.12 bits per heavy atom. The molecular formula is C20H18N4O2. The van der Waals surface area contributed by atoms with Gasteiger partial charge in [0.25, 0.3) is 5.91 Å². The third kappa shape index (κ3) is 3.26. The van der Waals surface area contributed by atoms with Gasteiger partial charge < -0.3 is 9.64 Å². The zero-order valence-corrected chi connectivity index (χ0v) is 14.4. The van der Waals surface area contributed by atoms with Gasteiger partial charge in [0.05, 0.1) is 12.1 Å². The van der Waals surface area contributed by atoms with E-state index in [1.165, 1.54) is 11.9 Å². The second-order valence-electron chi connectivity index (χ2n) is 6.33. The van der Waals surface area contributed by atoms with Crippen LogP contribution < -0.4 is 4.74 Å². The van der Waals surface area contributed by atoms with E-state index in [2.05, 4.69) is 21.0 Å². The zero-order chi connectivity index (χ0) is 17.9. The van der Waals surface area contributed by atoms with E-state index < -0.39 is 0 Å². The number of amides is 1. The summed E-state index contributed by atoms with van der Waals surface area (Å²) < 4.78 is 5.93. The second kappa shape index (κ2) is 6.92. The predicted molar refractivity (Wildman–Crippen MR) is 96.8 cm³/mol. The Labute approximate surface area is 151 Å². The lowest BCUT2D eigenvalue weighted by Gasteiger charge is -2.21. The number of ether oxygens (including phenoxy) is 1. The molecule has 4 rings (SSSR count). The highest BCUT2D eigenvalue weighted by molar-refractivity contribution is 5.94. The van der Waals surface area contributed by atoms with Crippen LogP contribution >= 0.6 is 0 Å². The SMILES string of the molecule is CN(C[C@@H]1Cc2ccccc2O1)C(=O)c1cncc(-c2cncnc2)c1. The largest absolute Gasteiger partial charge is 0.488 e. The fraction of sp³-hybridized carbons (Fsp3) is 0.200. The number of fused-ring (bicyclic) bond motifs is 1. The monoisotopic (exact) mass is 346 g/mol. The van der Waals surface area contributed by atoms with Gasteiger partial charge >= 0.3 is 0 Å². The highest BCUT2D eigenvalue weighted by Gasteiger charge is 2.25. The Morgan fingerprint density at radius 2 is 1.88 bits per heavy atom. The van der Waals surface area contributed by atoms with Gasteiger partial charge in [0.1, 0.15) is 18.2 Å². The maximum Gasteiger partial charge on any atom is 0.255 e. The minimum atomic E-state index is -0.0873. The summed E-state index contributed by atoms with van der Waals surface area (Å²) >= 11 is 0. The molecule has 0 N–H and O–H groups in total. The van der Waals surface area contributed by atoms with Crippen molar-refractivity contribution in [3.05, 3.63) is 72.6 Å². The molecule has 3 heterocycles. The molecule has 1 amide bonds. The van der Waals surface area contributed by atoms with Gasteiger partial charge in [-0.05, 0) is 17.7 Å². The molecule has 130 valence electrons. The van der Waals surface area contributed by atoms with E-state index in [4.69, 9.17) is 4.74 Å². The third-order valence-electron chi connectivity index (χ3n) is 4.42. The van der Waals surface area contributed by atoms with E-state index >= 15 is 0 Å². The van der Waals surface area contributed by atoms with Gasteiger partial charge in [-0.25, -0.2) is 9.97 Å². The van der Waals surface area contributed by atoms with Crippen molar-refractivity contribution in [2.45, 2.75) is 12.5 Å². The molecule has 1 atom stereocenters. The van der Waals surface area contributed by atoms with Crippen molar-refractivity contribution in [2.24, 2.45) is 0 Å². The first kappa shape index (κ1) is 16.2. The average molecular weight is 346 g/mol. The van der Waals surface area contributed by atoms with Crippen LogP contribution in [0.1, 0.15) is 15.9 Å². The molecule has 26 heavy (non-hydrogen) atoms. The number of para-hydroxylation sites is 1. The van der Waals surface area contributed by atoms with Gasteiger partial charge in [0, 0.05) is 49.4 Å². The Hall–Kier alpha value is -3.28. The van der Waals surface area contributed by atoms with Gasteiger partial charge in [-0.1, -0.05) is 18.2 Å². The minimum Gasteiger partial charge on any atom is -0.488 e. The Bertz CT molecular complexity index is 905. The van der Waals surface area contributed by atoms with E-state index in [1.54, 1.807) is 36.7 Å². The fourth-order valence-electron chi connectivity index (χ4n) is 3.13. The molecule has 1 aromatic carbocycles. The summed E-state index contributed by atoms with van der Waals surface area (Å²) in [5.74, 6) is 0.821. The average Bonchev–Trinajstić information content (AvgIpc) is 3.10. The van der Waals surface area contributed by atoms with Gasteiger partial charge in [-0.3, -0.25) is 9.78 Å². The maximum absolute atomic E-state index is 12.8. The van der Waals surface area contributed by atoms with Crippen LogP contribution in [0.4, 0.5) is 0 Å². The van der Waals surface area contributed by atoms with Crippen molar-refractivity contribution in [1.29, 1.82) is 0 Å². The highest BCUT2D eigenvalue weighted by atomic mass is 16.5. The van der Waals surface area contributed by atoms with E-state index in [9.17, 15) is 4.79 Å². The van der Waals surface area contributed by atoms with E-state index in [-0.39, 0.29) is 12.0 Å². The normalized spacial score (nSPS) is 15.2. The molecular weight excluding hydrogens is 328 g/mol. The number of aromatic nitrogens is 3. The first-order valence-electron chi connectivity index (χ1n) is 8.41. The third-order valence-corrected chi connectivity index (χ3v) is 4.42. The lowest BCUT2D eigenvalue weighted by atomic mass is 10.1. The molecule has 0 fully saturated rings. The summed E-state index contributed by atoms with van der Waals surface area (Å²) in [4.78, 5) is 26.7.